The summed E-state index contributed by atoms with van der Waals surface area (Å²) in [4.78, 5) is 42.9. The Labute approximate surface area is 472 Å². The molecular formula is C61H66FN13O7. The first kappa shape index (κ1) is 53.3. The van der Waals surface area contributed by atoms with Crippen molar-refractivity contribution in [2.75, 3.05) is 44.4 Å². The van der Waals surface area contributed by atoms with Crippen LogP contribution >= 0.6 is 0 Å². The van der Waals surface area contributed by atoms with Gasteiger partial charge >= 0.3 is 6.01 Å². The number of hydrogen-bond acceptors (Lipinski definition) is 16. The summed E-state index contributed by atoms with van der Waals surface area (Å²) in [6, 6.07) is 19.0. The SMILES string of the molecule is Cc1ccnnc1-c1ccc([C@H](CO)NC(=O)[C@@H]2C[C@@H](O)CN2C(=O)[C@H](C(C)C)n2cc(-c3ccc(COc4c(-c5c(C)c(F)cc6[nH]ncc56)c(C5CC5)cc5c(N6C[C@@H]7C[C@H]6CN7)nc(OC6CCOCC6)nc45)cc3)nn2)cc1. The molecule has 6 atom stereocenters. The number of halogens is 1. The largest absolute Gasteiger partial charge is 0.486 e. The van der Waals surface area contributed by atoms with Crippen molar-refractivity contribution in [3.8, 4) is 45.4 Å². The van der Waals surface area contributed by atoms with Crippen LogP contribution in [0.1, 0.15) is 98.2 Å². The van der Waals surface area contributed by atoms with E-state index in [2.05, 4.69) is 52.3 Å². The van der Waals surface area contributed by atoms with Crippen molar-refractivity contribution in [2.45, 2.75) is 121 Å². The first-order valence-corrected chi connectivity index (χ1v) is 28.5. The fourth-order valence-corrected chi connectivity index (χ4v) is 12.6. The average Bonchev–Trinajstić information content (AvgIpc) is 4.17. The third-order valence-electron chi connectivity index (χ3n) is 17.1. The van der Waals surface area contributed by atoms with Gasteiger partial charge in [0.2, 0.25) is 11.8 Å². The van der Waals surface area contributed by atoms with Crippen LogP contribution in [0.3, 0.4) is 0 Å². The molecule has 4 saturated heterocycles. The zero-order chi connectivity index (χ0) is 56.3. The lowest BCUT2D eigenvalue weighted by Crippen LogP contribution is -2.50. The number of rotatable bonds is 17. The number of amides is 2. The van der Waals surface area contributed by atoms with Gasteiger partial charge in [0, 0.05) is 90.2 Å². The summed E-state index contributed by atoms with van der Waals surface area (Å²) in [5.74, 6) is 0.0431. The molecule has 20 nitrogen and oxygen atoms in total. The highest BCUT2D eigenvalue weighted by Crippen LogP contribution is 2.53. The molecule has 4 aromatic carbocycles. The Morgan fingerprint density at radius 3 is 2.44 bits per heavy atom. The molecule has 1 saturated carbocycles. The number of carbonyl (C=O) groups excluding carboxylic acids is 2. The molecule has 0 radical (unpaired) electrons. The standard InChI is InChI=1S/C61H66FN13O7/c1-32(2)56(60(79)74-28-42(77)22-51(74)59(78)66-50(30-76)38-11-13-39(14-12-38)54-33(3)15-18-64-71-54)75-29-49(70-72-75)37-7-5-35(6-8-37)31-81-57-53(52-34(4)47(62)24-48-46(52)26-65-69-48)44(36-9-10-36)23-45-55(57)67-61(82-43-16-19-80-20-17-43)68-58(45)73-27-40-21-41(73)25-63-40/h5-8,11-15,18,23-24,26,29,32,36,40-43,50-51,56,63,76-77H,9-10,16-17,19-22,25,27-28,30-31H2,1-4H3,(H,65,69)(H,66,78)/t40-,41-,42+,50-,51-,56-/m0/s1. The highest BCUT2D eigenvalue weighted by atomic mass is 19.1. The van der Waals surface area contributed by atoms with Gasteiger partial charge in [0.05, 0.1) is 55.6 Å². The predicted molar refractivity (Wildman–Crippen MR) is 303 cm³/mol. The lowest BCUT2D eigenvalue weighted by atomic mass is 9.88. The van der Waals surface area contributed by atoms with Crippen molar-refractivity contribution in [1.29, 1.82) is 0 Å². The molecule has 8 aromatic rings. The van der Waals surface area contributed by atoms with Gasteiger partial charge < -0.3 is 44.9 Å². The number of fused-ring (bicyclic) bond motifs is 4. The van der Waals surface area contributed by atoms with E-state index in [0.717, 1.165) is 101 Å². The number of β-amino-alcohol motifs (C(OH)–C–C–N with tert-alkyl or cyclic N) is 1. The number of nitrogens with one attached hydrogen (secondary N) is 3. The van der Waals surface area contributed by atoms with Crippen LogP contribution in [-0.2, 0) is 20.9 Å². The minimum atomic E-state index is -0.994. The maximum absolute atomic E-state index is 16.2. The van der Waals surface area contributed by atoms with Crippen LogP contribution in [0.25, 0.3) is 55.4 Å². The van der Waals surface area contributed by atoms with Crippen LogP contribution in [0.5, 0.6) is 11.8 Å². The van der Waals surface area contributed by atoms with E-state index in [-0.39, 0.29) is 67.9 Å². The van der Waals surface area contributed by atoms with Gasteiger partial charge in [-0.25, -0.2) is 9.07 Å². The van der Waals surface area contributed by atoms with Gasteiger partial charge in [-0.05, 0) is 91.0 Å². The summed E-state index contributed by atoms with van der Waals surface area (Å²) < 4.78 is 37.2. The Morgan fingerprint density at radius 1 is 0.927 bits per heavy atom. The minimum absolute atomic E-state index is 0.0322. The summed E-state index contributed by atoms with van der Waals surface area (Å²) in [6.45, 7) is 10.1. The molecule has 4 aromatic heterocycles. The van der Waals surface area contributed by atoms with Gasteiger partial charge in [-0.2, -0.15) is 25.3 Å². The van der Waals surface area contributed by atoms with Crippen molar-refractivity contribution < 1.29 is 38.4 Å². The Hall–Kier alpha value is -7.98. The molecule has 2 bridgehead atoms. The van der Waals surface area contributed by atoms with E-state index in [0.29, 0.717) is 58.4 Å². The molecule has 8 heterocycles. The van der Waals surface area contributed by atoms with E-state index >= 15 is 4.39 Å². The van der Waals surface area contributed by atoms with Gasteiger partial charge in [0.1, 0.15) is 47.6 Å². The van der Waals surface area contributed by atoms with Gasteiger partial charge in [-0.1, -0.05) is 67.6 Å². The third-order valence-corrected chi connectivity index (χ3v) is 17.1. The number of carbonyl (C=O) groups is 2. The number of aliphatic hydroxyl groups excluding tert-OH is 2. The van der Waals surface area contributed by atoms with Crippen LogP contribution < -0.4 is 25.0 Å². The fraction of sp³-hybridized carbons (Fsp3) is 0.426. The van der Waals surface area contributed by atoms with Gasteiger partial charge in [0.15, 0.2) is 5.75 Å². The van der Waals surface area contributed by atoms with Crippen LogP contribution in [0.4, 0.5) is 10.2 Å². The number of H-pyrrole nitrogens is 1. The second-order valence-corrected chi connectivity index (χ2v) is 23.0. The fourth-order valence-electron chi connectivity index (χ4n) is 12.6. The molecule has 2 amide bonds. The molecule has 4 aliphatic heterocycles. The zero-order valence-corrected chi connectivity index (χ0v) is 46.3. The number of benzene rings is 4. The highest BCUT2D eigenvalue weighted by Gasteiger charge is 2.44. The number of anilines is 1. The molecule has 424 valence electrons. The second kappa shape index (κ2) is 22.1. The van der Waals surface area contributed by atoms with Gasteiger partial charge in [-0.15, -0.1) is 5.10 Å². The molecular weight excluding hydrogens is 1050 g/mol. The molecule has 1 aliphatic carbocycles. The number of aliphatic hydroxyl groups is 2. The summed E-state index contributed by atoms with van der Waals surface area (Å²) >= 11 is 0. The topological polar surface area (TPSA) is 244 Å². The van der Waals surface area contributed by atoms with Crippen LogP contribution in [0, 0.1) is 25.6 Å². The molecule has 5 aliphatic rings. The number of aromatic amines is 1. The number of piperazine rings is 1. The first-order chi connectivity index (χ1) is 39.9. The van der Waals surface area contributed by atoms with Crippen molar-refractivity contribution in [3.63, 3.8) is 0 Å². The Bertz CT molecular complexity index is 3700. The summed E-state index contributed by atoms with van der Waals surface area (Å²) in [6.07, 6.45) is 8.50. The molecule has 0 unspecified atom stereocenters. The minimum Gasteiger partial charge on any atom is -0.486 e. The molecule has 0 spiro atoms. The van der Waals surface area contributed by atoms with Gasteiger partial charge in [-0.3, -0.25) is 14.7 Å². The number of aryl methyl sites for hydroxylation is 1. The van der Waals surface area contributed by atoms with Crippen LogP contribution in [0.15, 0.2) is 85.3 Å². The van der Waals surface area contributed by atoms with Crippen LogP contribution in [-0.4, -0.2) is 142 Å². The van der Waals surface area contributed by atoms with Gasteiger partial charge in [0.25, 0.3) is 0 Å². The number of ether oxygens (including phenoxy) is 3. The maximum Gasteiger partial charge on any atom is 0.319 e. The van der Waals surface area contributed by atoms with E-state index in [1.807, 2.05) is 82.3 Å². The van der Waals surface area contributed by atoms with Crippen molar-refractivity contribution in [3.05, 3.63) is 119 Å². The van der Waals surface area contributed by atoms with E-state index in [1.165, 1.54) is 15.6 Å². The quantitative estimate of drug-likeness (QED) is 0.0604. The average molecular weight is 1110 g/mol. The number of likely N-dealkylation sites (tertiary alicyclic amines) is 1. The van der Waals surface area contributed by atoms with E-state index in [1.54, 1.807) is 18.6 Å². The monoisotopic (exact) mass is 1110 g/mol. The lowest BCUT2D eigenvalue weighted by molar-refractivity contribution is -0.142. The normalized spacial score (nSPS) is 20.8. The molecule has 82 heavy (non-hydrogen) atoms. The Morgan fingerprint density at radius 2 is 1.72 bits per heavy atom. The highest BCUT2D eigenvalue weighted by molar-refractivity contribution is 6.06. The van der Waals surface area contributed by atoms with E-state index in [4.69, 9.17) is 24.2 Å². The van der Waals surface area contributed by atoms with Crippen molar-refractivity contribution >= 4 is 39.4 Å². The third kappa shape index (κ3) is 10.2. The Kier molecular flexibility index (Phi) is 14.4. The molecule has 5 fully saturated rings. The number of nitrogens with zero attached hydrogens (tertiary/aromatic N) is 10. The van der Waals surface area contributed by atoms with E-state index in [9.17, 15) is 19.8 Å². The molecule has 5 N–H and O–H groups in total. The van der Waals surface area contributed by atoms with Crippen molar-refractivity contribution in [1.82, 2.24) is 60.9 Å². The summed E-state index contributed by atoms with van der Waals surface area (Å²) in [5, 5.41) is 54.2. The number of aromatic nitrogens is 9. The predicted octanol–water partition coefficient (Wildman–Crippen LogP) is 7.22. The summed E-state index contributed by atoms with van der Waals surface area (Å²) in [7, 11) is 0. The maximum atomic E-state index is 16.2. The molecule has 21 heteroatoms. The summed E-state index contributed by atoms with van der Waals surface area (Å²) in [5.41, 5.74) is 9.52. The van der Waals surface area contributed by atoms with Crippen LogP contribution in [0.2, 0.25) is 0 Å². The van der Waals surface area contributed by atoms with E-state index < -0.39 is 30.1 Å². The first-order valence-electron chi connectivity index (χ1n) is 28.5. The second-order valence-electron chi connectivity index (χ2n) is 23.0. The smallest absolute Gasteiger partial charge is 0.319 e. The van der Waals surface area contributed by atoms with Crippen molar-refractivity contribution in [2.24, 2.45) is 5.92 Å². The zero-order valence-electron chi connectivity index (χ0n) is 46.3. The number of hydrogen-bond donors (Lipinski definition) is 5. The molecule has 13 rings (SSSR count). The Balaban J connectivity index is 0.781. The lowest BCUT2D eigenvalue weighted by Gasteiger charge is -2.31.